The van der Waals surface area contributed by atoms with Gasteiger partial charge in [-0.25, -0.2) is 4.21 Å². The van der Waals surface area contributed by atoms with Crippen molar-refractivity contribution in [2.75, 3.05) is 11.0 Å². The van der Waals surface area contributed by atoms with Gasteiger partial charge in [0.25, 0.3) is 0 Å². The summed E-state index contributed by atoms with van der Waals surface area (Å²) in [6.45, 7) is 1.92. The number of hydrogen-bond donors (Lipinski definition) is 1. The van der Waals surface area contributed by atoms with Gasteiger partial charge >= 0.3 is 0 Å². The summed E-state index contributed by atoms with van der Waals surface area (Å²) in [5.41, 5.74) is 1.85. The van der Waals surface area contributed by atoms with Crippen LogP contribution >= 0.6 is 0 Å². The van der Waals surface area contributed by atoms with Crippen molar-refractivity contribution in [3.63, 3.8) is 0 Å². The first-order valence-electron chi connectivity index (χ1n) is 4.92. The van der Waals surface area contributed by atoms with Crippen molar-refractivity contribution >= 4 is 16.7 Å². The molecular formula is C12H13NO2S. The van der Waals surface area contributed by atoms with Crippen molar-refractivity contribution in [2.24, 2.45) is 0 Å². The van der Waals surface area contributed by atoms with E-state index in [2.05, 4.69) is 4.72 Å². The van der Waals surface area contributed by atoms with E-state index in [0.717, 1.165) is 22.8 Å². The highest BCUT2D eigenvalue weighted by Gasteiger charge is 2.02. The van der Waals surface area contributed by atoms with Gasteiger partial charge in [0.05, 0.1) is 0 Å². The van der Waals surface area contributed by atoms with E-state index in [1.165, 1.54) is 0 Å². The standard InChI is InChI=1S/C12H13NO2S/c1-9-3-8-12(15-9)10-4-6-11(7-5-10)13-16(2)14/h3-8,13H,1-2H3. The van der Waals surface area contributed by atoms with Crippen LogP contribution in [-0.4, -0.2) is 10.5 Å². The Hall–Kier alpha value is -1.55. The summed E-state index contributed by atoms with van der Waals surface area (Å²) in [5, 5.41) is 0. The summed E-state index contributed by atoms with van der Waals surface area (Å²) in [6, 6.07) is 11.5. The first-order valence-corrected chi connectivity index (χ1v) is 6.48. The minimum Gasteiger partial charge on any atom is -0.461 e. The smallest absolute Gasteiger partial charge is 0.134 e. The van der Waals surface area contributed by atoms with Crippen molar-refractivity contribution in [3.8, 4) is 11.3 Å². The maximum absolute atomic E-state index is 11.0. The Bertz CT molecular complexity index is 502. The second kappa shape index (κ2) is 4.53. The van der Waals surface area contributed by atoms with Crippen molar-refractivity contribution < 1.29 is 8.63 Å². The fourth-order valence-electron chi connectivity index (χ4n) is 1.46. The van der Waals surface area contributed by atoms with E-state index in [1.807, 2.05) is 43.3 Å². The summed E-state index contributed by atoms with van der Waals surface area (Å²) in [4.78, 5) is 0. The Balaban J connectivity index is 2.22. The molecule has 84 valence electrons. The molecule has 1 aromatic heterocycles. The Morgan fingerprint density at radius 1 is 1.12 bits per heavy atom. The lowest BCUT2D eigenvalue weighted by molar-refractivity contribution is 0.548. The fraction of sp³-hybridized carbons (Fsp3) is 0.167. The van der Waals surface area contributed by atoms with Gasteiger partial charge < -0.3 is 9.14 Å². The molecule has 16 heavy (non-hydrogen) atoms. The first-order chi connectivity index (χ1) is 7.65. The molecule has 1 N–H and O–H groups in total. The first kappa shape index (κ1) is 11.0. The van der Waals surface area contributed by atoms with Crippen LogP contribution in [0.5, 0.6) is 0 Å². The van der Waals surface area contributed by atoms with Gasteiger partial charge in [-0.1, -0.05) is 0 Å². The number of furan rings is 1. The van der Waals surface area contributed by atoms with Crippen molar-refractivity contribution in [2.45, 2.75) is 6.92 Å². The molecule has 1 aromatic carbocycles. The molecule has 0 radical (unpaired) electrons. The molecule has 0 aliphatic carbocycles. The maximum Gasteiger partial charge on any atom is 0.134 e. The topological polar surface area (TPSA) is 42.2 Å². The zero-order valence-corrected chi connectivity index (χ0v) is 10.0. The molecule has 0 amide bonds. The zero-order chi connectivity index (χ0) is 11.5. The number of aryl methyl sites for hydroxylation is 1. The normalized spacial score (nSPS) is 12.4. The summed E-state index contributed by atoms with van der Waals surface area (Å²) >= 11 is 0. The molecule has 0 saturated heterocycles. The summed E-state index contributed by atoms with van der Waals surface area (Å²) < 4.78 is 19.3. The van der Waals surface area contributed by atoms with Crippen LogP contribution in [0.4, 0.5) is 5.69 Å². The molecule has 2 rings (SSSR count). The monoisotopic (exact) mass is 235 g/mol. The van der Waals surface area contributed by atoms with Gasteiger partial charge in [0, 0.05) is 17.5 Å². The summed E-state index contributed by atoms with van der Waals surface area (Å²) in [5.74, 6) is 1.74. The molecule has 0 spiro atoms. The molecule has 3 nitrogen and oxygen atoms in total. The molecule has 0 saturated carbocycles. The van der Waals surface area contributed by atoms with Crippen molar-refractivity contribution in [1.82, 2.24) is 0 Å². The Morgan fingerprint density at radius 2 is 1.81 bits per heavy atom. The quantitative estimate of drug-likeness (QED) is 0.888. The number of rotatable bonds is 3. The molecular weight excluding hydrogens is 222 g/mol. The average Bonchev–Trinajstić information content (AvgIpc) is 2.65. The number of anilines is 1. The van der Waals surface area contributed by atoms with Crippen LogP contribution in [0.1, 0.15) is 5.76 Å². The van der Waals surface area contributed by atoms with Crippen molar-refractivity contribution in [3.05, 3.63) is 42.2 Å². The van der Waals surface area contributed by atoms with E-state index < -0.39 is 11.0 Å². The van der Waals surface area contributed by atoms with Gasteiger partial charge in [-0.05, 0) is 43.3 Å². The van der Waals surface area contributed by atoms with Gasteiger partial charge in [0.1, 0.15) is 22.5 Å². The molecule has 0 aliphatic rings. The minimum atomic E-state index is -1.04. The lowest BCUT2D eigenvalue weighted by Gasteiger charge is -2.02. The predicted molar refractivity (Wildman–Crippen MR) is 66.6 cm³/mol. The summed E-state index contributed by atoms with van der Waals surface area (Å²) in [6.07, 6.45) is 1.60. The lowest BCUT2D eigenvalue weighted by atomic mass is 10.1. The molecule has 0 fully saturated rings. The largest absolute Gasteiger partial charge is 0.461 e. The van der Waals surface area contributed by atoms with E-state index >= 15 is 0 Å². The highest BCUT2D eigenvalue weighted by molar-refractivity contribution is 7.85. The van der Waals surface area contributed by atoms with Crippen LogP contribution in [0.2, 0.25) is 0 Å². The van der Waals surface area contributed by atoms with Crippen molar-refractivity contribution in [1.29, 1.82) is 0 Å². The second-order valence-electron chi connectivity index (χ2n) is 3.54. The molecule has 2 aromatic rings. The van der Waals surface area contributed by atoms with Crippen LogP contribution < -0.4 is 4.72 Å². The Kier molecular flexibility index (Phi) is 3.10. The number of nitrogens with one attached hydrogen (secondary N) is 1. The molecule has 0 bridgehead atoms. The number of benzene rings is 1. The fourth-order valence-corrected chi connectivity index (χ4v) is 1.93. The van der Waals surface area contributed by atoms with Crippen LogP contribution in [0.15, 0.2) is 40.8 Å². The van der Waals surface area contributed by atoms with E-state index in [1.54, 1.807) is 6.26 Å². The minimum absolute atomic E-state index is 0.841. The average molecular weight is 235 g/mol. The van der Waals surface area contributed by atoms with E-state index in [9.17, 15) is 4.21 Å². The molecule has 1 unspecified atom stereocenters. The third kappa shape index (κ3) is 2.52. The lowest BCUT2D eigenvalue weighted by Crippen LogP contribution is -2.00. The Labute approximate surface area is 97.1 Å². The van der Waals surface area contributed by atoms with Gasteiger partial charge in [-0.15, -0.1) is 0 Å². The SMILES string of the molecule is Cc1ccc(-c2ccc(NS(C)=O)cc2)o1. The molecule has 0 aliphatic heterocycles. The highest BCUT2D eigenvalue weighted by Crippen LogP contribution is 2.23. The van der Waals surface area contributed by atoms with E-state index in [-0.39, 0.29) is 0 Å². The van der Waals surface area contributed by atoms with Gasteiger partial charge in [0.15, 0.2) is 0 Å². The Morgan fingerprint density at radius 3 is 2.31 bits per heavy atom. The zero-order valence-electron chi connectivity index (χ0n) is 9.19. The highest BCUT2D eigenvalue weighted by atomic mass is 32.2. The predicted octanol–water partition coefficient (Wildman–Crippen LogP) is 2.96. The third-order valence-corrected chi connectivity index (χ3v) is 2.69. The van der Waals surface area contributed by atoms with Crippen LogP contribution in [0, 0.1) is 6.92 Å². The second-order valence-corrected chi connectivity index (χ2v) is 4.66. The molecule has 4 heteroatoms. The number of hydrogen-bond acceptors (Lipinski definition) is 2. The molecule has 1 heterocycles. The molecule has 1 atom stereocenters. The summed E-state index contributed by atoms with van der Waals surface area (Å²) in [7, 11) is -1.04. The maximum atomic E-state index is 11.0. The van der Waals surface area contributed by atoms with E-state index in [0.29, 0.717) is 0 Å². The van der Waals surface area contributed by atoms with E-state index in [4.69, 9.17) is 4.42 Å². The van der Waals surface area contributed by atoms with Crippen LogP contribution in [0.3, 0.4) is 0 Å². The third-order valence-electron chi connectivity index (χ3n) is 2.17. The van der Waals surface area contributed by atoms with Crippen LogP contribution in [0.25, 0.3) is 11.3 Å². The van der Waals surface area contributed by atoms with Gasteiger partial charge in [-0.2, -0.15) is 0 Å². The van der Waals surface area contributed by atoms with Crippen LogP contribution in [-0.2, 0) is 11.0 Å². The van der Waals surface area contributed by atoms with Gasteiger partial charge in [-0.3, -0.25) is 0 Å². The van der Waals surface area contributed by atoms with Gasteiger partial charge in [0.2, 0.25) is 0 Å².